The molecule has 9 nitrogen and oxygen atoms in total. The fourth-order valence-electron chi connectivity index (χ4n) is 5.00. The standard InChI is InChI=1S/C28H31N5O4/c1-17(2)15-31-26(36)22-13-12-20(25(35)29-21-6-4-5-7-21)14-23(22)33-27(31)30-32(28(33)37)16-24(34)19-10-8-18(3)9-11-19/h8-14,17,21H,4-7,15-16H2,1-3H3,(H,29,35). The Morgan fingerprint density at radius 1 is 1.03 bits per heavy atom. The summed E-state index contributed by atoms with van der Waals surface area (Å²) in [6.07, 6.45) is 4.08. The monoisotopic (exact) mass is 501 g/mol. The lowest BCUT2D eigenvalue weighted by Gasteiger charge is -2.14. The number of Topliss-reactive ketones (excluding diaryl/α,β-unsaturated/α-hetero) is 1. The van der Waals surface area contributed by atoms with Crippen LogP contribution in [0.4, 0.5) is 0 Å². The Balaban J connectivity index is 1.64. The molecule has 2 aromatic heterocycles. The minimum atomic E-state index is -0.536. The first-order valence-electron chi connectivity index (χ1n) is 12.8. The topological polar surface area (TPSA) is 107 Å². The van der Waals surface area contributed by atoms with Crippen molar-refractivity contribution in [2.45, 2.75) is 65.6 Å². The summed E-state index contributed by atoms with van der Waals surface area (Å²) in [5, 5.41) is 7.80. The third-order valence-corrected chi connectivity index (χ3v) is 6.95. The average Bonchev–Trinajstić information content (AvgIpc) is 3.49. The van der Waals surface area contributed by atoms with E-state index in [2.05, 4.69) is 10.4 Å². The summed E-state index contributed by atoms with van der Waals surface area (Å²) < 4.78 is 3.91. The van der Waals surface area contributed by atoms with Crippen LogP contribution in [-0.2, 0) is 13.1 Å². The lowest BCUT2D eigenvalue weighted by atomic mass is 10.1. The van der Waals surface area contributed by atoms with Gasteiger partial charge in [0.25, 0.3) is 11.5 Å². The number of rotatable bonds is 7. The van der Waals surface area contributed by atoms with Crippen molar-refractivity contribution in [1.82, 2.24) is 24.1 Å². The van der Waals surface area contributed by atoms with Crippen molar-refractivity contribution in [3.05, 3.63) is 80.0 Å². The van der Waals surface area contributed by atoms with Gasteiger partial charge in [0.2, 0.25) is 5.78 Å². The molecule has 37 heavy (non-hydrogen) atoms. The largest absolute Gasteiger partial charge is 0.352 e. The molecule has 0 bridgehead atoms. The van der Waals surface area contributed by atoms with E-state index in [0.717, 1.165) is 35.9 Å². The summed E-state index contributed by atoms with van der Waals surface area (Å²) in [7, 11) is 0. The summed E-state index contributed by atoms with van der Waals surface area (Å²) >= 11 is 0. The number of hydrogen-bond donors (Lipinski definition) is 1. The van der Waals surface area contributed by atoms with Gasteiger partial charge in [0.15, 0.2) is 5.78 Å². The van der Waals surface area contributed by atoms with Gasteiger partial charge in [0.05, 0.1) is 10.9 Å². The number of nitrogens with zero attached hydrogens (tertiary/aromatic N) is 4. The lowest BCUT2D eigenvalue weighted by Crippen LogP contribution is -2.33. The van der Waals surface area contributed by atoms with E-state index in [9.17, 15) is 19.2 Å². The molecule has 0 aliphatic heterocycles. The van der Waals surface area contributed by atoms with Crippen LogP contribution in [0.2, 0.25) is 0 Å². The zero-order chi connectivity index (χ0) is 26.3. The number of amides is 1. The highest BCUT2D eigenvalue weighted by atomic mass is 16.2. The van der Waals surface area contributed by atoms with Crippen molar-refractivity contribution in [2.75, 3.05) is 0 Å². The maximum absolute atomic E-state index is 13.6. The molecular weight excluding hydrogens is 470 g/mol. The Morgan fingerprint density at radius 2 is 1.70 bits per heavy atom. The van der Waals surface area contributed by atoms with Crippen LogP contribution in [0.5, 0.6) is 0 Å². The normalized spacial score (nSPS) is 14.2. The van der Waals surface area contributed by atoms with E-state index < -0.39 is 5.69 Å². The summed E-state index contributed by atoms with van der Waals surface area (Å²) in [5.41, 5.74) is 1.35. The van der Waals surface area contributed by atoms with Crippen LogP contribution >= 0.6 is 0 Å². The third-order valence-electron chi connectivity index (χ3n) is 6.95. The fraction of sp³-hybridized carbons (Fsp3) is 0.393. The van der Waals surface area contributed by atoms with Gasteiger partial charge in [-0.05, 0) is 43.9 Å². The number of hydrogen-bond acceptors (Lipinski definition) is 5. The third kappa shape index (κ3) is 4.73. The number of aryl methyl sites for hydroxylation is 1. The first kappa shape index (κ1) is 24.7. The molecule has 0 saturated heterocycles. The molecule has 0 atom stereocenters. The van der Waals surface area contributed by atoms with Gasteiger partial charge in [-0.25, -0.2) is 13.9 Å². The molecule has 192 valence electrons. The first-order valence-corrected chi connectivity index (χ1v) is 12.8. The number of ketones is 1. The molecule has 2 heterocycles. The second-order valence-electron chi connectivity index (χ2n) is 10.4. The quantitative estimate of drug-likeness (QED) is 0.391. The van der Waals surface area contributed by atoms with Gasteiger partial charge in [-0.15, -0.1) is 5.10 Å². The van der Waals surface area contributed by atoms with Crippen molar-refractivity contribution in [1.29, 1.82) is 0 Å². The highest BCUT2D eigenvalue weighted by Gasteiger charge is 2.22. The van der Waals surface area contributed by atoms with Crippen LogP contribution in [-0.4, -0.2) is 36.5 Å². The minimum Gasteiger partial charge on any atom is -0.349 e. The van der Waals surface area contributed by atoms with E-state index in [0.29, 0.717) is 28.6 Å². The molecule has 2 aromatic carbocycles. The predicted molar refractivity (Wildman–Crippen MR) is 141 cm³/mol. The number of carbonyl (C=O) groups excluding carboxylic acids is 2. The van der Waals surface area contributed by atoms with Gasteiger partial charge in [-0.2, -0.15) is 0 Å². The molecule has 0 unspecified atom stereocenters. The highest BCUT2D eigenvalue weighted by Crippen LogP contribution is 2.19. The second-order valence-corrected chi connectivity index (χ2v) is 10.4. The molecule has 0 radical (unpaired) electrons. The molecule has 4 aromatic rings. The highest BCUT2D eigenvalue weighted by molar-refractivity contribution is 5.98. The van der Waals surface area contributed by atoms with Crippen LogP contribution in [0.15, 0.2) is 52.1 Å². The molecule has 1 aliphatic rings. The average molecular weight is 502 g/mol. The number of nitrogens with one attached hydrogen (secondary N) is 1. The molecule has 5 rings (SSSR count). The smallest absolute Gasteiger partial charge is 0.349 e. The molecular formula is C28H31N5O4. The van der Waals surface area contributed by atoms with Crippen LogP contribution < -0.4 is 16.6 Å². The van der Waals surface area contributed by atoms with Gasteiger partial charge < -0.3 is 5.32 Å². The molecule has 1 fully saturated rings. The van der Waals surface area contributed by atoms with Gasteiger partial charge >= 0.3 is 5.69 Å². The first-order chi connectivity index (χ1) is 17.7. The SMILES string of the molecule is Cc1ccc(C(=O)Cn2nc3n(CC(C)C)c(=O)c4ccc(C(=O)NC5CCCC5)cc4n3c2=O)cc1. The van der Waals surface area contributed by atoms with Crippen LogP contribution in [0.1, 0.15) is 65.8 Å². The molecule has 1 saturated carbocycles. The van der Waals surface area contributed by atoms with E-state index in [1.807, 2.05) is 32.9 Å². The zero-order valence-corrected chi connectivity index (χ0v) is 21.4. The van der Waals surface area contributed by atoms with Crippen LogP contribution in [0.25, 0.3) is 16.7 Å². The lowest BCUT2D eigenvalue weighted by molar-refractivity contribution is 0.0936. The Labute approximate surface area is 213 Å². The molecule has 1 aliphatic carbocycles. The fourth-order valence-corrected chi connectivity index (χ4v) is 5.00. The zero-order valence-electron chi connectivity index (χ0n) is 21.4. The number of carbonyl (C=O) groups is 2. The summed E-state index contributed by atoms with van der Waals surface area (Å²) in [4.78, 5) is 52.9. The number of fused-ring (bicyclic) bond motifs is 3. The number of benzene rings is 2. The molecule has 9 heteroatoms. The Hall–Kier alpha value is -4.01. The Bertz CT molecular complexity index is 1620. The van der Waals surface area contributed by atoms with Crippen molar-refractivity contribution in [3.63, 3.8) is 0 Å². The van der Waals surface area contributed by atoms with Crippen molar-refractivity contribution >= 4 is 28.4 Å². The predicted octanol–water partition coefficient (Wildman–Crippen LogP) is 3.33. The summed E-state index contributed by atoms with van der Waals surface area (Å²) in [5.74, 6) is -0.224. The summed E-state index contributed by atoms with van der Waals surface area (Å²) in [6, 6.07) is 12.0. The van der Waals surface area contributed by atoms with Crippen molar-refractivity contribution < 1.29 is 9.59 Å². The Kier molecular flexibility index (Phi) is 6.54. The van der Waals surface area contributed by atoms with Crippen molar-refractivity contribution in [2.24, 2.45) is 5.92 Å². The maximum atomic E-state index is 13.6. The van der Waals surface area contributed by atoms with Gasteiger partial charge in [0.1, 0.15) is 6.54 Å². The van der Waals surface area contributed by atoms with E-state index in [-0.39, 0.29) is 41.5 Å². The second kappa shape index (κ2) is 9.80. The van der Waals surface area contributed by atoms with Gasteiger partial charge in [0, 0.05) is 23.7 Å². The van der Waals surface area contributed by atoms with Gasteiger partial charge in [-0.3, -0.25) is 19.0 Å². The Morgan fingerprint density at radius 3 is 2.38 bits per heavy atom. The van der Waals surface area contributed by atoms with E-state index in [1.54, 1.807) is 30.3 Å². The summed E-state index contributed by atoms with van der Waals surface area (Å²) in [6.45, 7) is 5.97. The van der Waals surface area contributed by atoms with E-state index >= 15 is 0 Å². The number of aromatic nitrogens is 4. The van der Waals surface area contributed by atoms with E-state index in [4.69, 9.17) is 0 Å². The van der Waals surface area contributed by atoms with Gasteiger partial charge in [-0.1, -0.05) is 56.5 Å². The molecule has 1 N–H and O–H groups in total. The van der Waals surface area contributed by atoms with E-state index in [1.165, 1.54) is 8.97 Å². The van der Waals surface area contributed by atoms with Crippen LogP contribution in [0.3, 0.4) is 0 Å². The van der Waals surface area contributed by atoms with Crippen LogP contribution in [0, 0.1) is 12.8 Å². The maximum Gasteiger partial charge on any atom is 0.352 e. The van der Waals surface area contributed by atoms with Crippen molar-refractivity contribution in [3.8, 4) is 0 Å². The minimum absolute atomic E-state index is 0.116. The molecule has 1 amide bonds. The molecule has 0 spiro atoms.